The lowest BCUT2D eigenvalue weighted by molar-refractivity contribution is 0.0928. The Morgan fingerprint density at radius 2 is 2.04 bits per heavy atom. The molecule has 0 saturated carbocycles. The molecule has 1 amide bonds. The van der Waals surface area contributed by atoms with Gasteiger partial charge in [0.1, 0.15) is 5.82 Å². The minimum Gasteiger partial charge on any atom is -0.335 e. The monoisotopic (exact) mass is 397 g/mol. The molecule has 2 atom stereocenters. The van der Waals surface area contributed by atoms with Crippen LogP contribution in [0.25, 0.3) is 0 Å². The maximum Gasteiger partial charge on any atom is 0.255 e. The Kier molecular flexibility index (Phi) is 4.96. The van der Waals surface area contributed by atoms with Crippen LogP contribution in [0.3, 0.4) is 0 Å². The van der Waals surface area contributed by atoms with E-state index in [1.54, 1.807) is 12.1 Å². The summed E-state index contributed by atoms with van der Waals surface area (Å²) in [6.45, 7) is 0. The summed E-state index contributed by atoms with van der Waals surface area (Å²) in [6.07, 6.45) is 0.276. The van der Waals surface area contributed by atoms with Crippen LogP contribution in [0.1, 0.15) is 28.4 Å². The lowest BCUT2D eigenvalue weighted by Crippen LogP contribution is -2.44. The van der Waals surface area contributed by atoms with E-state index in [1.165, 1.54) is 12.1 Å². The summed E-state index contributed by atoms with van der Waals surface area (Å²) in [7, 11) is 0. The minimum atomic E-state index is -0.539. The average Bonchev–Trinajstić information content (AvgIpc) is 2.98. The first kappa shape index (κ1) is 16.4. The van der Waals surface area contributed by atoms with E-state index in [0.717, 1.165) is 10.0 Å². The van der Waals surface area contributed by atoms with E-state index in [-0.39, 0.29) is 17.8 Å². The van der Waals surface area contributed by atoms with E-state index in [9.17, 15) is 9.18 Å². The molecule has 2 aromatic rings. The molecule has 0 radical (unpaired) electrons. The molecule has 0 aliphatic carbocycles. The number of carbonyl (C=O) groups is 1. The summed E-state index contributed by atoms with van der Waals surface area (Å²) in [5, 5.41) is 3.41. The number of amides is 1. The molecule has 1 saturated heterocycles. The van der Waals surface area contributed by atoms with Crippen LogP contribution < -0.4 is 16.2 Å². The standard InChI is InChI=1S/C16H14BrClFN3O/c17-9-5-6-12(18)11(7-9)14-8-15(22-21-14)20-16(23)10-3-1-2-4-13(10)19/h1-7,14-15,21-22H,8H2,(H,20,23). The van der Waals surface area contributed by atoms with Gasteiger partial charge >= 0.3 is 0 Å². The fourth-order valence-electron chi connectivity index (χ4n) is 2.52. The number of carbonyl (C=O) groups excluding carboxylic acids is 1. The van der Waals surface area contributed by atoms with Crippen LogP contribution >= 0.6 is 27.5 Å². The largest absolute Gasteiger partial charge is 0.335 e. The van der Waals surface area contributed by atoms with Gasteiger partial charge in [0.2, 0.25) is 0 Å². The molecule has 7 heteroatoms. The van der Waals surface area contributed by atoms with Crippen LogP contribution in [-0.2, 0) is 0 Å². The van der Waals surface area contributed by atoms with E-state index >= 15 is 0 Å². The van der Waals surface area contributed by atoms with Crippen molar-refractivity contribution < 1.29 is 9.18 Å². The fourth-order valence-corrected chi connectivity index (χ4v) is 3.15. The first-order valence-electron chi connectivity index (χ1n) is 7.06. The fraction of sp³-hybridized carbons (Fsp3) is 0.188. The quantitative estimate of drug-likeness (QED) is 0.741. The molecule has 1 heterocycles. The van der Waals surface area contributed by atoms with Crippen molar-refractivity contribution in [1.29, 1.82) is 0 Å². The van der Waals surface area contributed by atoms with Crippen molar-refractivity contribution in [2.75, 3.05) is 0 Å². The zero-order chi connectivity index (χ0) is 16.4. The molecule has 0 spiro atoms. The van der Waals surface area contributed by atoms with Gasteiger partial charge in [-0.1, -0.05) is 39.7 Å². The van der Waals surface area contributed by atoms with Crippen LogP contribution in [0.5, 0.6) is 0 Å². The number of nitrogens with one attached hydrogen (secondary N) is 3. The van der Waals surface area contributed by atoms with Gasteiger partial charge in [-0.05, 0) is 35.9 Å². The predicted octanol–water partition coefficient (Wildman–Crippen LogP) is 3.54. The zero-order valence-electron chi connectivity index (χ0n) is 11.9. The summed E-state index contributed by atoms with van der Waals surface area (Å²) in [5.41, 5.74) is 7.05. The lowest BCUT2D eigenvalue weighted by atomic mass is 10.0. The lowest BCUT2D eigenvalue weighted by Gasteiger charge is -2.13. The molecule has 2 unspecified atom stereocenters. The topological polar surface area (TPSA) is 53.2 Å². The molecule has 4 nitrogen and oxygen atoms in total. The highest BCUT2D eigenvalue weighted by Crippen LogP contribution is 2.30. The second kappa shape index (κ2) is 6.97. The van der Waals surface area contributed by atoms with Gasteiger partial charge in [-0.15, -0.1) is 0 Å². The van der Waals surface area contributed by atoms with Gasteiger partial charge in [0.15, 0.2) is 0 Å². The third kappa shape index (κ3) is 3.72. The van der Waals surface area contributed by atoms with Crippen molar-refractivity contribution >= 4 is 33.4 Å². The van der Waals surface area contributed by atoms with Gasteiger partial charge in [-0.25, -0.2) is 15.2 Å². The van der Waals surface area contributed by atoms with Gasteiger partial charge in [0, 0.05) is 15.9 Å². The molecular formula is C16H14BrClFN3O. The Hall–Kier alpha value is -1.47. The first-order chi connectivity index (χ1) is 11.0. The third-order valence-electron chi connectivity index (χ3n) is 3.66. The van der Waals surface area contributed by atoms with E-state index < -0.39 is 11.7 Å². The Balaban J connectivity index is 1.67. The van der Waals surface area contributed by atoms with E-state index in [4.69, 9.17) is 11.6 Å². The number of rotatable bonds is 3. The van der Waals surface area contributed by atoms with Gasteiger partial charge in [0.05, 0.1) is 17.8 Å². The Morgan fingerprint density at radius 1 is 1.26 bits per heavy atom. The van der Waals surface area contributed by atoms with Gasteiger partial charge in [0.25, 0.3) is 5.91 Å². The molecule has 3 N–H and O–H groups in total. The van der Waals surface area contributed by atoms with Crippen molar-refractivity contribution in [3.63, 3.8) is 0 Å². The van der Waals surface area contributed by atoms with Crippen molar-refractivity contribution in [2.45, 2.75) is 18.6 Å². The second-order valence-electron chi connectivity index (χ2n) is 5.25. The van der Waals surface area contributed by atoms with Crippen molar-refractivity contribution in [3.8, 4) is 0 Å². The number of halogens is 3. The molecule has 1 aliphatic rings. The van der Waals surface area contributed by atoms with Gasteiger partial charge < -0.3 is 5.32 Å². The van der Waals surface area contributed by atoms with Crippen molar-refractivity contribution in [1.82, 2.24) is 16.2 Å². The molecule has 23 heavy (non-hydrogen) atoms. The average molecular weight is 399 g/mol. The number of benzene rings is 2. The first-order valence-corrected chi connectivity index (χ1v) is 8.23. The summed E-state index contributed by atoms with van der Waals surface area (Å²) in [6, 6.07) is 11.5. The Labute approximate surface area is 146 Å². The molecule has 3 rings (SSSR count). The Bertz CT molecular complexity index is 743. The maximum absolute atomic E-state index is 13.6. The third-order valence-corrected chi connectivity index (χ3v) is 4.50. The molecule has 120 valence electrons. The molecule has 2 aromatic carbocycles. The van der Waals surface area contributed by atoms with Gasteiger partial charge in [-0.2, -0.15) is 0 Å². The summed E-state index contributed by atoms with van der Waals surface area (Å²) in [4.78, 5) is 12.1. The molecular weight excluding hydrogens is 385 g/mol. The normalized spacial score (nSPS) is 20.5. The summed E-state index contributed by atoms with van der Waals surface area (Å²) < 4.78 is 14.6. The van der Waals surface area contributed by atoms with Gasteiger partial charge in [-0.3, -0.25) is 4.79 Å². The van der Waals surface area contributed by atoms with Crippen molar-refractivity contribution in [3.05, 3.63) is 68.9 Å². The maximum atomic E-state index is 13.6. The number of hydrogen-bond donors (Lipinski definition) is 3. The van der Waals surface area contributed by atoms with Crippen LogP contribution in [0.15, 0.2) is 46.9 Å². The highest BCUT2D eigenvalue weighted by atomic mass is 79.9. The summed E-state index contributed by atoms with van der Waals surface area (Å²) in [5.74, 6) is -0.995. The van der Waals surface area contributed by atoms with Crippen LogP contribution in [0.2, 0.25) is 5.02 Å². The van der Waals surface area contributed by atoms with Crippen LogP contribution in [0, 0.1) is 5.82 Å². The number of hydrazine groups is 1. The molecule has 0 bridgehead atoms. The second-order valence-corrected chi connectivity index (χ2v) is 6.57. The zero-order valence-corrected chi connectivity index (χ0v) is 14.3. The minimum absolute atomic E-state index is 0.0261. The van der Waals surface area contributed by atoms with E-state index in [1.807, 2.05) is 18.2 Å². The highest BCUT2D eigenvalue weighted by molar-refractivity contribution is 9.10. The molecule has 1 fully saturated rings. The molecule has 0 aromatic heterocycles. The van der Waals surface area contributed by atoms with Crippen LogP contribution in [0.4, 0.5) is 4.39 Å². The van der Waals surface area contributed by atoms with Crippen LogP contribution in [-0.4, -0.2) is 12.1 Å². The SMILES string of the molecule is O=C(NC1CC(c2cc(Br)ccc2Cl)NN1)c1ccccc1F. The van der Waals surface area contributed by atoms with E-state index in [0.29, 0.717) is 11.4 Å². The highest BCUT2D eigenvalue weighted by Gasteiger charge is 2.28. The molecule has 1 aliphatic heterocycles. The Morgan fingerprint density at radius 3 is 2.83 bits per heavy atom. The predicted molar refractivity (Wildman–Crippen MR) is 90.4 cm³/mol. The smallest absolute Gasteiger partial charge is 0.255 e. The summed E-state index contributed by atoms with van der Waals surface area (Å²) >= 11 is 9.64. The van der Waals surface area contributed by atoms with Crippen molar-refractivity contribution in [2.24, 2.45) is 0 Å². The number of hydrogen-bond acceptors (Lipinski definition) is 3. The van der Waals surface area contributed by atoms with E-state index in [2.05, 4.69) is 32.1 Å².